The van der Waals surface area contributed by atoms with Gasteiger partial charge in [-0.15, -0.1) is 0 Å². The lowest BCUT2D eigenvalue weighted by Gasteiger charge is -2.26. The summed E-state index contributed by atoms with van der Waals surface area (Å²) in [6, 6.07) is 7.16. The fraction of sp³-hybridized carbons (Fsp3) is 0.579. The molecule has 1 unspecified atom stereocenters. The van der Waals surface area contributed by atoms with Gasteiger partial charge in [0.15, 0.2) is 0 Å². The smallest absolute Gasteiger partial charge is 0.408 e. The van der Waals surface area contributed by atoms with Gasteiger partial charge in [0.25, 0.3) is 0 Å². The standard InChI is InChI=1S/C19H29N3O3S/c1-14(20-18(24)25-19(2,3)4)17(23)21-16-7-5-6-15(12-16)13-22-8-10-26-11-9-22/h5-7,12,14H,8-11,13H2,1-4H3,(H,20,24)(H,21,23). The number of benzene rings is 1. The van der Waals surface area contributed by atoms with Gasteiger partial charge in [-0.1, -0.05) is 12.1 Å². The Bertz CT molecular complexity index is 625. The van der Waals surface area contributed by atoms with Gasteiger partial charge >= 0.3 is 6.09 Å². The molecular formula is C19H29N3O3S. The summed E-state index contributed by atoms with van der Waals surface area (Å²) in [6.45, 7) is 10.1. The van der Waals surface area contributed by atoms with Crippen molar-refractivity contribution in [3.63, 3.8) is 0 Å². The van der Waals surface area contributed by atoms with E-state index in [-0.39, 0.29) is 5.91 Å². The van der Waals surface area contributed by atoms with Gasteiger partial charge in [-0.2, -0.15) is 11.8 Å². The second-order valence-electron chi connectivity index (χ2n) is 7.45. The number of thioether (sulfide) groups is 1. The summed E-state index contributed by atoms with van der Waals surface area (Å²) >= 11 is 1.99. The second-order valence-corrected chi connectivity index (χ2v) is 8.67. The Morgan fingerprint density at radius 1 is 1.27 bits per heavy atom. The van der Waals surface area contributed by atoms with Crippen molar-refractivity contribution < 1.29 is 14.3 Å². The zero-order chi connectivity index (χ0) is 19.2. The lowest BCUT2D eigenvalue weighted by Crippen LogP contribution is -2.44. The highest BCUT2D eigenvalue weighted by atomic mass is 32.2. The van der Waals surface area contributed by atoms with E-state index in [4.69, 9.17) is 4.74 Å². The van der Waals surface area contributed by atoms with Crippen molar-refractivity contribution in [1.82, 2.24) is 10.2 Å². The van der Waals surface area contributed by atoms with Crippen LogP contribution in [0.5, 0.6) is 0 Å². The first-order valence-electron chi connectivity index (χ1n) is 8.92. The third kappa shape index (κ3) is 7.25. The van der Waals surface area contributed by atoms with Crippen molar-refractivity contribution in [2.24, 2.45) is 0 Å². The molecule has 1 atom stereocenters. The molecule has 0 saturated carbocycles. The summed E-state index contributed by atoms with van der Waals surface area (Å²) in [5.74, 6) is 2.07. The zero-order valence-corrected chi connectivity index (χ0v) is 16.8. The minimum Gasteiger partial charge on any atom is -0.444 e. The quantitative estimate of drug-likeness (QED) is 0.823. The van der Waals surface area contributed by atoms with Crippen LogP contribution < -0.4 is 10.6 Å². The molecular weight excluding hydrogens is 350 g/mol. The van der Waals surface area contributed by atoms with Gasteiger partial charge in [0.05, 0.1) is 0 Å². The molecule has 0 aromatic heterocycles. The molecule has 0 spiro atoms. The first kappa shape index (κ1) is 20.6. The molecule has 2 N–H and O–H groups in total. The van der Waals surface area contributed by atoms with Crippen LogP contribution in [0.3, 0.4) is 0 Å². The number of anilines is 1. The summed E-state index contributed by atoms with van der Waals surface area (Å²) < 4.78 is 5.18. The molecule has 6 nitrogen and oxygen atoms in total. The maximum absolute atomic E-state index is 12.3. The number of amides is 2. The number of nitrogens with one attached hydrogen (secondary N) is 2. The molecule has 1 fully saturated rings. The van der Waals surface area contributed by atoms with Crippen LogP contribution in [0.1, 0.15) is 33.3 Å². The summed E-state index contributed by atoms with van der Waals surface area (Å²) in [4.78, 5) is 26.5. The van der Waals surface area contributed by atoms with Crippen LogP contribution in [0.2, 0.25) is 0 Å². The van der Waals surface area contributed by atoms with E-state index >= 15 is 0 Å². The lowest BCUT2D eigenvalue weighted by molar-refractivity contribution is -0.117. The lowest BCUT2D eigenvalue weighted by atomic mass is 10.1. The van der Waals surface area contributed by atoms with E-state index in [9.17, 15) is 9.59 Å². The number of hydrogen-bond donors (Lipinski definition) is 2. The van der Waals surface area contributed by atoms with Crippen molar-refractivity contribution in [3.05, 3.63) is 29.8 Å². The number of ether oxygens (including phenoxy) is 1. The SMILES string of the molecule is CC(NC(=O)OC(C)(C)C)C(=O)Nc1cccc(CN2CCSCC2)c1. The molecule has 0 aliphatic carbocycles. The first-order valence-corrected chi connectivity index (χ1v) is 10.1. The molecule has 1 aliphatic rings. The van der Waals surface area contributed by atoms with Crippen molar-refractivity contribution in [1.29, 1.82) is 0 Å². The van der Waals surface area contributed by atoms with Crippen LogP contribution in [-0.2, 0) is 16.1 Å². The molecule has 2 amide bonds. The van der Waals surface area contributed by atoms with Crippen LogP contribution in [0.25, 0.3) is 0 Å². The minimum absolute atomic E-state index is 0.276. The largest absolute Gasteiger partial charge is 0.444 e. The second kappa shape index (κ2) is 9.28. The molecule has 1 aliphatic heterocycles. The molecule has 1 saturated heterocycles. The predicted octanol–water partition coefficient (Wildman–Crippen LogP) is 3.09. The highest BCUT2D eigenvalue weighted by Crippen LogP contribution is 2.16. The van der Waals surface area contributed by atoms with E-state index < -0.39 is 17.7 Å². The molecule has 0 bridgehead atoms. The Kier molecular flexibility index (Phi) is 7.34. The number of nitrogens with zero attached hydrogens (tertiary/aromatic N) is 1. The molecule has 0 radical (unpaired) electrons. The number of alkyl carbamates (subject to hydrolysis) is 1. The highest BCUT2D eigenvalue weighted by molar-refractivity contribution is 7.99. The van der Waals surface area contributed by atoms with Gasteiger partial charge < -0.3 is 15.4 Å². The van der Waals surface area contributed by atoms with E-state index in [1.807, 2.05) is 30.0 Å². The highest BCUT2D eigenvalue weighted by Gasteiger charge is 2.21. The zero-order valence-electron chi connectivity index (χ0n) is 16.0. The molecule has 2 rings (SSSR count). The fourth-order valence-corrected chi connectivity index (χ4v) is 3.54. The summed E-state index contributed by atoms with van der Waals surface area (Å²) in [5, 5.41) is 5.41. The maximum atomic E-state index is 12.3. The Labute approximate surface area is 160 Å². The number of rotatable bonds is 5. The number of carbonyl (C=O) groups is 2. The van der Waals surface area contributed by atoms with Gasteiger partial charge in [-0.05, 0) is 45.4 Å². The van der Waals surface area contributed by atoms with Crippen LogP contribution in [0, 0.1) is 0 Å². The topological polar surface area (TPSA) is 70.7 Å². The van der Waals surface area contributed by atoms with Crippen LogP contribution >= 0.6 is 11.8 Å². The van der Waals surface area contributed by atoms with Crippen molar-refractivity contribution in [2.75, 3.05) is 29.9 Å². The van der Waals surface area contributed by atoms with Crippen molar-refractivity contribution >= 4 is 29.4 Å². The minimum atomic E-state index is -0.687. The molecule has 7 heteroatoms. The summed E-state index contributed by atoms with van der Waals surface area (Å²) in [6.07, 6.45) is -0.600. The maximum Gasteiger partial charge on any atom is 0.408 e. The Hall–Kier alpha value is -1.73. The van der Waals surface area contributed by atoms with Gasteiger partial charge in [-0.25, -0.2) is 4.79 Å². The Morgan fingerprint density at radius 2 is 1.96 bits per heavy atom. The van der Waals surface area contributed by atoms with Gasteiger partial charge in [-0.3, -0.25) is 9.69 Å². The summed E-state index contributed by atoms with van der Waals surface area (Å²) in [7, 11) is 0. The van der Waals surface area contributed by atoms with E-state index in [0.717, 1.165) is 25.3 Å². The van der Waals surface area contributed by atoms with Gasteiger partial charge in [0, 0.05) is 36.8 Å². The van der Waals surface area contributed by atoms with E-state index in [1.54, 1.807) is 27.7 Å². The Morgan fingerprint density at radius 3 is 2.62 bits per heavy atom. The van der Waals surface area contributed by atoms with Gasteiger partial charge in [0.2, 0.25) is 5.91 Å². The van der Waals surface area contributed by atoms with E-state index in [1.165, 1.54) is 17.1 Å². The van der Waals surface area contributed by atoms with Crippen molar-refractivity contribution in [3.8, 4) is 0 Å². The monoisotopic (exact) mass is 379 g/mol. The van der Waals surface area contributed by atoms with Crippen LogP contribution in [-0.4, -0.2) is 53.1 Å². The predicted molar refractivity (Wildman–Crippen MR) is 107 cm³/mol. The Balaban J connectivity index is 1.87. The van der Waals surface area contributed by atoms with Crippen LogP contribution in [0.4, 0.5) is 10.5 Å². The molecule has 1 aromatic rings. The van der Waals surface area contributed by atoms with E-state index in [0.29, 0.717) is 0 Å². The summed E-state index contributed by atoms with van der Waals surface area (Å²) in [5.41, 5.74) is 1.31. The van der Waals surface area contributed by atoms with E-state index in [2.05, 4.69) is 21.6 Å². The number of carbonyl (C=O) groups excluding carboxylic acids is 2. The third-order valence-electron chi connectivity index (χ3n) is 3.83. The molecule has 1 aromatic carbocycles. The molecule has 144 valence electrons. The number of hydrogen-bond acceptors (Lipinski definition) is 5. The third-order valence-corrected chi connectivity index (χ3v) is 4.77. The van der Waals surface area contributed by atoms with Crippen LogP contribution in [0.15, 0.2) is 24.3 Å². The first-order chi connectivity index (χ1) is 12.2. The van der Waals surface area contributed by atoms with Gasteiger partial charge in [0.1, 0.15) is 11.6 Å². The average molecular weight is 380 g/mol. The normalized spacial score (nSPS) is 16.6. The average Bonchev–Trinajstić information content (AvgIpc) is 2.54. The van der Waals surface area contributed by atoms with Crippen molar-refractivity contribution in [2.45, 2.75) is 45.9 Å². The molecule has 26 heavy (non-hydrogen) atoms. The molecule has 1 heterocycles. The fourth-order valence-electron chi connectivity index (χ4n) is 2.57.